The number of hydrogen-bond donors (Lipinski definition) is 0. The van der Waals surface area contributed by atoms with E-state index in [9.17, 15) is 0 Å². The highest BCUT2D eigenvalue weighted by Crippen LogP contribution is 2.52. The minimum absolute atomic E-state index is 0.0477. The Hall–Kier alpha value is -2.09. The van der Waals surface area contributed by atoms with Crippen molar-refractivity contribution in [3.05, 3.63) is 102 Å². The molecule has 0 aromatic heterocycles. The van der Waals surface area contributed by atoms with Gasteiger partial charge in [0.15, 0.2) is 0 Å². The Labute approximate surface area is 331 Å². The summed E-state index contributed by atoms with van der Waals surface area (Å²) in [5.41, 5.74) is 6.87. The van der Waals surface area contributed by atoms with Gasteiger partial charge in [-0.1, -0.05) is 162 Å². The molecule has 0 spiro atoms. The van der Waals surface area contributed by atoms with Crippen molar-refractivity contribution in [3.8, 4) is 0 Å². The predicted molar refractivity (Wildman–Crippen MR) is 239 cm³/mol. The topological polar surface area (TPSA) is 12.5 Å². The van der Waals surface area contributed by atoms with E-state index in [0.29, 0.717) is 5.88 Å². The first-order valence-electron chi connectivity index (χ1n) is 20.7. The smallest absolute Gasteiger partial charge is 0.0917 e. The highest BCUT2D eigenvalue weighted by Gasteiger charge is 2.50. The molecule has 1 fully saturated rings. The maximum Gasteiger partial charge on any atom is 0.0917 e. The third kappa shape index (κ3) is 18.8. The van der Waals surface area contributed by atoms with Crippen LogP contribution in [0.25, 0.3) is 0 Å². The Bertz CT molecular complexity index is 1190. The summed E-state index contributed by atoms with van der Waals surface area (Å²) in [5.74, 6) is 0.844. The number of alkyl halides is 1. The zero-order chi connectivity index (χ0) is 41.2. The fourth-order valence-electron chi connectivity index (χ4n) is 7.03. The normalized spacial score (nSPS) is 18.1. The number of allylic oxidation sites excluding steroid dienone is 7. The Balaban J connectivity index is -0.00000126. The Morgan fingerprint density at radius 3 is 1.81 bits per heavy atom. The van der Waals surface area contributed by atoms with Crippen LogP contribution in [0.1, 0.15) is 187 Å². The zero-order valence-corrected chi connectivity index (χ0v) is 38.5. The van der Waals surface area contributed by atoms with Gasteiger partial charge in [0.05, 0.1) is 5.60 Å². The molecule has 0 N–H and O–H groups in total. The van der Waals surface area contributed by atoms with E-state index < -0.39 is 5.60 Å². The minimum atomic E-state index is -0.475. The van der Waals surface area contributed by atoms with E-state index in [0.717, 1.165) is 29.6 Å². The van der Waals surface area contributed by atoms with Crippen LogP contribution in [0.3, 0.4) is 0 Å². The van der Waals surface area contributed by atoms with Crippen molar-refractivity contribution < 1.29 is 4.84 Å². The second-order valence-electron chi connectivity index (χ2n) is 15.3. The number of hydroxylamine groups is 2. The first kappa shape index (κ1) is 54.3. The molecule has 3 rings (SSSR count). The molecule has 0 saturated carbocycles. The second kappa shape index (κ2) is 28.4. The average Bonchev–Trinajstić information content (AvgIpc) is 3.20. The van der Waals surface area contributed by atoms with Gasteiger partial charge < -0.3 is 0 Å². The molecule has 2 unspecified atom stereocenters. The van der Waals surface area contributed by atoms with Crippen LogP contribution in [0.15, 0.2) is 90.8 Å². The molecule has 1 aliphatic carbocycles. The van der Waals surface area contributed by atoms with E-state index in [1.807, 2.05) is 68.4 Å². The number of benzene rings is 1. The largest absolute Gasteiger partial charge is 0.291 e. The maximum atomic E-state index is 7.22. The number of hydrogen-bond acceptors (Lipinski definition) is 2. The molecule has 1 aromatic rings. The zero-order valence-electron chi connectivity index (χ0n) is 37.7. The van der Waals surface area contributed by atoms with Crippen molar-refractivity contribution in [1.29, 1.82) is 0 Å². The van der Waals surface area contributed by atoms with Gasteiger partial charge >= 0.3 is 0 Å². The lowest BCUT2D eigenvalue weighted by Gasteiger charge is -2.54. The van der Waals surface area contributed by atoms with Crippen molar-refractivity contribution in [2.45, 2.75) is 198 Å². The van der Waals surface area contributed by atoms with Crippen LogP contribution < -0.4 is 0 Å². The van der Waals surface area contributed by atoms with E-state index in [1.54, 1.807) is 0 Å². The molecule has 0 amide bonds. The molecular weight excluding hydrogens is 654 g/mol. The van der Waals surface area contributed by atoms with Crippen LogP contribution in [0.4, 0.5) is 0 Å². The van der Waals surface area contributed by atoms with Crippen molar-refractivity contribution in [2.75, 3.05) is 0 Å². The molecule has 52 heavy (non-hydrogen) atoms. The third-order valence-electron chi connectivity index (χ3n) is 9.58. The molecule has 3 heteroatoms. The van der Waals surface area contributed by atoms with Gasteiger partial charge in [-0.3, -0.25) is 4.84 Å². The molecular formula is C49H86ClNO. The summed E-state index contributed by atoms with van der Waals surface area (Å²) in [6, 6.07) is 8.80. The van der Waals surface area contributed by atoms with E-state index in [4.69, 9.17) is 16.4 Å². The summed E-state index contributed by atoms with van der Waals surface area (Å²) in [4.78, 5) is 7.22. The van der Waals surface area contributed by atoms with E-state index in [-0.39, 0.29) is 28.3 Å². The molecule has 0 radical (unpaired) electrons. The summed E-state index contributed by atoms with van der Waals surface area (Å²) in [5, 5.41) is 2.34. The van der Waals surface area contributed by atoms with Crippen molar-refractivity contribution >= 4 is 11.6 Å². The highest BCUT2D eigenvalue weighted by atomic mass is 35.5. The van der Waals surface area contributed by atoms with Gasteiger partial charge in [-0.25, -0.2) is 0 Å². The van der Waals surface area contributed by atoms with Crippen LogP contribution >= 0.6 is 11.6 Å². The summed E-state index contributed by atoms with van der Waals surface area (Å²) >= 11 is 6.14. The number of halogens is 1. The molecule has 1 heterocycles. The van der Waals surface area contributed by atoms with Gasteiger partial charge in [0.1, 0.15) is 0 Å². The molecule has 2 atom stereocenters. The van der Waals surface area contributed by atoms with Crippen LogP contribution in [0, 0.1) is 11.3 Å². The maximum absolute atomic E-state index is 7.22. The van der Waals surface area contributed by atoms with Gasteiger partial charge in [-0.2, -0.15) is 5.06 Å². The van der Waals surface area contributed by atoms with Crippen LogP contribution in [0.2, 0.25) is 0 Å². The number of rotatable bonds is 10. The molecule has 300 valence electrons. The lowest BCUT2D eigenvalue weighted by molar-refractivity contribution is -0.326. The highest BCUT2D eigenvalue weighted by molar-refractivity contribution is 6.17. The van der Waals surface area contributed by atoms with Gasteiger partial charge in [0.2, 0.25) is 0 Å². The summed E-state index contributed by atoms with van der Waals surface area (Å²) in [6.07, 6.45) is 20.9. The SMILES string of the molecule is C1=C/C=C\CCCC=1.C=C(C)/C=C\C(=C)C(C)C(C)(C)C(c1ccc(CCl)cc1)C(C)(C)ON1C(C)(C)CCCCC1(C)C.CC.CC.CC.CC. The van der Waals surface area contributed by atoms with Crippen molar-refractivity contribution in [3.63, 3.8) is 0 Å². The second-order valence-corrected chi connectivity index (χ2v) is 15.6. The molecule has 2 nitrogen and oxygen atoms in total. The van der Waals surface area contributed by atoms with E-state index in [2.05, 4.69) is 141 Å². The fourth-order valence-corrected chi connectivity index (χ4v) is 7.21. The Kier molecular flexibility index (Phi) is 29.6. The van der Waals surface area contributed by atoms with Gasteiger partial charge in [-0.05, 0) is 115 Å². The predicted octanol–water partition coefficient (Wildman–Crippen LogP) is 16.5. The third-order valence-corrected chi connectivity index (χ3v) is 9.89. The summed E-state index contributed by atoms with van der Waals surface area (Å²) in [7, 11) is 0. The monoisotopic (exact) mass is 740 g/mol. The quantitative estimate of drug-likeness (QED) is 0.135. The molecule has 0 bridgehead atoms. The van der Waals surface area contributed by atoms with Crippen LogP contribution in [-0.2, 0) is 10.7 Å². The molecule has 2 aliphatic rings. The van der Waals surface area contributed by atoms with Gasteiger partial charge in [0.25, 0.3) is 0 Å². The van der Waals surface area contributed by atoms with Crippen molar-refractivity contribution in [1.82, 2.24) is 5.06 Å². The van der Waals surface area contributed by atoms with Gasteiger partial charge in [0, 0.05) is 22.9 Å². The Morgan fingerprint density at radius 2 is 1.35 bits per heavy atom. The first-order chi connectivity index (χ1) is 24.5. The summed E-state index contributed by atoms with van der Waals surface area (Å²) in [6.45, 7) is 47.4. The van der Waals surface area contributed by atoms with Gasteiger partial charge in [-0.15, -0.1) is 17.3 Å². The lowest BCUT2D eigenvalue weighted by atomic mass is 9.60. The lowest BCUT2D eigenvalue weighted by Crippen LogP contribution is -2.59. The molecule has 1 aliphatic heterocycles. The van der Waals surface area contributed by atoms with E-state index in [1.165, 1.54) is 37.7 Å². The Morgan fingerprint density at radius 1 is 0.846 bits per heavy atom. The minimum Gasteiger partial charge on any atom is -0.291 e. The van der Waals surface area contributed by atoms with E-state index >= 15 is 0 Å². The summed E-state index contributed by atoms with van der Waals surface area (Å²) < 4.78 is 0. The average molecular weight is 741 g/mol. The number of nitrogens with zero attached hydrogens (tertiary/aromatic N) is 1. The van der Waals surface area contributed by atoms with Crippen LogP contribution in [0.5, 0.6) is 0 Å². The van der Waals surface area contributed by atoms with Crippen LogP contribution in [-0.4, -0.2) is 21.7 Å². The first-order valence-corrected chi connectivity index (χ1v) is 21.2. The fraction of sp³-hybridized carbons (Fsp3) is 0.653. The van der Waals surface area contributed by atoms with Crippen molar-refractivity contribution in [2.24, 2.45) is 11.3 Å². The standard InChI is InChI=1S/C33H52ClNO.C8H10.4C2H6/c1-24(2)15-16-25(3)26(4)32(9,10)29(28-19-17-27(23-34)18-20-28)33(11,12)36-35-30(5,6)21-13-14-22-31(35,7)8;1-2-4-6-8-7-5-3-1;4*1-2/h15-20,26,29H,1,3,13-14,21-23H2,2,4-12H3;1-3,7H,4,6,8H2;4*1-2H3/b16-15-;2-1-;;;;. The molecule has 1 saturated heterocycles. The molecule has 1 aromatic carbocycles.